The molecule has 1 aromatic carbocycles. The number of likely N-dealkylation sites (tertiary alicyclic amines) is 1. The number of hydrogen-bond acceptors (Lipinski definition) is 6. The van der Waals surface area contributed by atoms with E-state index in [0.29, 0.717) is 29.2 Å². The highest BCUT2D eigenvalue weighted by molar-refractivity contribution is 6.46. The number of Topliss-reactive ketones (excluding diaryl/α,β-unsaturated/α-hetero) is 1. The molecule has 0 radical (unpaired) electrons. The fraction of sp³-hybridized carbons (Fsp3) is 0.125. The molecule has 0 spiro atoms. The highest BCUT2D eigenvalue weighted by atomic mass is 16.5. The SMILES string of the molecule is C=CCOc1cccc(C2/C(=C(\O)c3ccncc3)C(=O)C(=O)N2Cc2ccco2)c1. The predicted octanol–water partition coefficient (Wildman–Crippen LogP) is 3.86. The third-order valence-corrected chi connectivity index (χ3v) is 4.94. The summed E-state index contributed by atoms with van der Waals surface area (Å²) in [6.45, 7) is 4.03. The maximum absolute atomic E-state index is 13.0. The zero-order valence-electron chi connectivity index (χ0n) is 16.6. The van der Waals surface area contributed by atoms with Crippen molar-refractivity contribution in [3.63, 3.8) is 0 Å². The van der Waals surface area contributed by atoms with E-state index in [1.807, 2.05) is 0 Å². The van der Waals surface area contributed by atoms with E-state index in [9.17, 15) is 14.7 Å². The van der Waals surface area contributed by atoms with Crippen molar-refractivity contribution < 1.29 is 23.8 Å². The molecular weight excluding hydrogens is 396 g/mol. The number of ether oxygens (including phenoxy) is 1. The van der Waals surface area contributed by atoms with E-state index in [4.69, 9.17) is 9.15 Å². The molecule has 1 aliphatic rings. The number of nitrogens with zero attached hydrogens (tertiary/aromatic N) is 2. The Morgan fingerprint density at radius 2 is 2.00 bits per heavy atom. The molecule has 31 heavy (non-hydrogen) atoms. The number of pyridine rings is 1. The number of amides is 1. The Balaban J connectivity index is 1.84. The van der Waals surface area contributed by atoms with Crippen molar-refractivity contribution in [2.45, 2.75) is 12.6 Å². The van der Waals surface area contributed by atoms with E-state index < -0.39 is 17.7 Å². The highest BCUT2D eigenvalue weighted by Crippen LogP contribution is 2.41. The van der Waals surface area contributed by atoms with E-state index in [1.54, 1.807) is 54.6 Å². The fourth-order valence-electron chi connectivity index (χ4n) is 3.55. The van der Waals surface area contributed by atoms with Gasteiger partial charge in [0, 0.05) is 18.0 Å². The molecule has 1 N–H and O–H groups in total. The minimum absolute atomic E-state index is 0.00336. The van der Waals surface area contributed by atoms with Gasteiger partial charge in [-0.25, -0.2) is 0 Å². The lowest BCUT2D eigenvalue weighted by Gasteiger charge is -2.25. The van der Waals surface area contributed by atoms with Gasteiger partial charge in [0.1, 0.15) is 23.9 Å². The molecule has 1 unspecified atom stereocenters. The van der Waals surface area contributed by atoms with Crippen molar-refractivity contribution >= 4 is 17.4 Å². The van der Waals surface area contributed by atoms with Crippen molar-refractivity contribution in [1.29, 1.82) is 0 Å². The monoisotopic (exact) mass is 416 g/mol. The number of furan rings is 1. The number of aromatic nitrogens is 1. The second kappa shape index (κ2) is 8.71. The molecule has 7 heteroatoms. The minimum atomic E-state index is -0.814. The summed E-state index contributed by atoms with van der Waals surface area (Å²) in [7, 11) is 0. The van der Waals surface area contributed by atoms with Gasteiger partial charge in [0.05, 0.1) is 24.4 Å². The number of hydrogen-bond donors (Lipinski definition) is 1. The molecule has 4 rings (SSSR count). The molecule has 2 aromatic heterocycles. The quantitative estimate of drug-likeness (QED) is 0.272. The van der Waals surface area contributed by atoms with Crippen LogP contribution in [0.4, 0.5) is 0 Å². The van der Waals surface area contributed by atoms with Gasteiger partial charge in [0.15, 0.2) is 0 Å². The summed E-state index contributed by atoms with van der Waals surface area (Å²) in [6.07, 6.45) is 6.14. The maximum Gasteiger partial charge on any atom is 0.296 e. The van der Waals surface area contributed by atoms with E-state index in [2.05, 4.69) is 11.6 Å². The Morgan fingerprint density at radius 3 is 2.71 bits per heavy atom. The van der Waals surface area contributed by atoms with Crippen LogP contribution in [0.25, 0.3) is 5.76 Å². The van der Waals surface area contributed by atoms with Gasteiger partial charge < -0.3 is 19.2 Å². The van der Waals surface area contributed by atoms with Crippen molar-refractivity contribution in [2.75, 3.05) is 6.61 Å². The molecule has 7 nitrogen and oxygen atoms in total. The Bertz CT molecular complexity index is 1140. The van der Waals surface area contributed by atoms with Crippen molar-refractivity contribution in [3.8, 4) is 5.75 Å². The lowest BCUT2D eigenvalue weighted by molar-refractivity contribution is -0.140. The Labute approximate surface area is 178 Å². The molecule has 1 fully saturated rings. The number of carbonyl (C=O) groups excluding carboxylic acids is 2. The molecule has 156 valence electrons. The van der Waals surface area contributed by atoms with Crippen LogP contribution in [-0.4, -0.2) is 33.3 Å². The molecule has 1 saturated heterocycles. The van der Waals surface area contributed by atoms with Gasteiger partial charge in [-0.15, -0.1) is 0 Å². The molecule has 0 saturated carbocycles. The molecular formula is C24H20N2O5. The first-order valence-electron chi connectivity index (χ1n) is 9.65. The van der Waals surface area contributed by atoms with Gasteiger partial charge in [-0.3, -0.25) is 14.6 Å². The summed E-state index contributed by atoms with van der Waals surface area (Å²) >= 11 is 0. The number of aliphatic hydroxyl groups excluding tert-OH is 1. The Hall–Kier alpha value is -4.13. The molecule has 3 heterocycles. The van der Waals surface area contributed by atoms with Crippen molar-refractivity contribution in [3.05, 3.63) is 102 Å². The molecule has 1 aliphatic heterocycles. The van der Waals surface area contributed by atoms with Gasteiger partial charge in [0.25, 0.3) is 11.7 Å². The van der Waals surface area contributed by atoms with Gasteiger partial charge in [-0.2, -0.15) is 0 Å². The number of benzene rings is 1. The topological polar surface area (TPSA) is 92.9 Å². The summed E-state index contributed by atoms with van der Waals surface area (Å²) in [6, 6.07) is 12.9. The lowest BCUT2D eigenvalue weighted by Crippen LogP contribution is -2.29. The Kier molecular flexibility index (Phi) is 5.66. The molecule has 3 aromatic rings. The van der Waals surface area contributed by atoms with Gasteiger partial charge in [-0.05, 0) is 42.0 Å². The van der Waals surface area contributed by atoms with E-state index >= 15 is 0 Å². The van der Waals surface area contributed by atoms with Gasteiger partial charge in [-0.1, -0.05) is 24.8 Å². The molecule has 1 amide bonds. The van der Waals surface area contributed by atoms with Crippen LogP contribution in [0.15, 0.2) is 89.8 Å². The van der Waals surface area contributed by atoms with Crippen LogP contribution in [0.2, 0.25) is 0 Å². The van der Waals surface area contributed by atoms with E-state index in [-0.39, 0.29) is 17.9 Å². The summed E-state index contributed by atoms with van der Waals surface area (Å²) in [4.78, 5) is 31.3. The average Bonchev–Trinajstić information content (AvgIpc) is 3.40. The number of ketones is 1. The molecule has 0 bridgehead atoms. The number of aliphatic hydroxyl groups is 1. The summed E-state index contributed by atoms with van der Waals surface area (Å²) in [5, 5.41) is 11.0. The fourth-order valence-corrected chi connectivity index (χ4v) is 3.55. The third kappa shape index (κ3) is 3.98. The first-order chi connectivity index (χ1) is 15.1. The zero-order valence-corrected chi connectivity index (χ0v) is 16.6. The standard InChI is InChI=1S/C24H20N2O5/c1-2-12-30-18-6-3-5-17(14-18)21-20(22(27)16-8-10-25-11-9-16)23(28)24(29)26(21)15-19-7-4-13-31-19/h2-11,13-14,21,27H,1,12,15H2/b22-20+. The maximum atomic E-state index is 13.0. The van der Waals surface area contributed by atoms with Crippen LogP contribution in [0.1, 0.15) is 22.9 Å². The van der Waals surface area contributed by atoms with Crippen LogP contribution in [-0.2, 0) is 16.1 Å². The van der Waals surface area contributed by atoms with Crippen molar-refractivity contribution in [1.82, 2.24) is 9.88 Å². The van der Waals surface area contributed by atoms with Crippen LogP contribution < -0.4 is 4.74 Å². The minimum Gasteiger partial charge on any atom is -0.507 e. The first kappa shape index (κ1) is 20.2. The third-order valence-electron chi connectivity index (χ3n) is 4.94. The number of carbonyl (C=O) groups is 2. The van der Waals surface area contributed by atoms with Crippen LogP contribution in [0, 0.1) is 0 Å². The zero-order chi connectivity index (χ0) is 21.8. The van der Waals surface area contributed by atoms with E-state index in [1.165, 1.54) is 23.6 Å². The van der Waals surface area contributed by atoms with Gasteiger partial charge >= 0.3 is 0 Å². The second-order valence-corrected chi connectivity index (χ2v) is 6.91. The van der Waals surface area contributed by atoms with Crippen LogP contribution in [0.5, 0.6) is 5.75 Å². The average molecular weight is 416 g/mol. The summed E-state index contributed by atoms with van der Waals surface area (Å²) in [5.74, 6) is -0.650. The highest BCUT2D eigenvalue weighted by Gasteiger charge is 2.46. The molecule has 0 aliphatic carbocycles. The second-order valence-electron chi connectivity index (χ2n) is 6.91. The van der Waals surface area contributed by atoms with Crippen molar-refractivity contribution in [2.24, 2.45) is 0 Å². The van der Waals surface area contributed by atoms with Crippen LogP contribution >= 0.6 is 0 Å². The first-order valence-corrected chi connectivity index (χ1v) is 9.65. The predicted molar refractivity (Wildman–Crippen MR) is 113 cm³/mol. The number of rotatable bonds is 7. The summed E-state index contributed by atoms with van der Waals surface area (Å²) in [5.41, 5.74) is 1.03. The van der Waals surface area contributed by atoms with Crippen LogP contribution in [0.3, 0.4) is 0 Å². The molecule has 1 atom stereocenters. The smallest absolute Gasteiger partial charge is 0.296 e. The van der Waals surface area contributed by atoms with Gasteiger partial charge in [0.2, 0.25) is 0 Å². The lowest BCUT2D eigenvalue weighted by atomic mass is 9.95. The largest absolute Gasteiger partial charge is 0.507 e. The normalized spacial score (nSPS) is 17.7. The van der Waals surface area contributed by atoms with E-state index in [0.717, 1.165) is 0 Å². The summed E-state index contributed by atoms with van der Waals surface area (Å²) < 4.78 is 11.0. The Morgan fingerprint density at radius 1 is 1.19 bits per heavy atom.